The van der Waals surface area contributed by atoms with Gasteiger partial charge in [0.15, 0.2) is 0 Å². The molecule has 1 aromatic heterocycles. The summed E-state index contributed by atoms with van der Waals surface area (Å²) in [6.45, 7) is 6.93. The highest BCUT2D eigenvalue weighted by Gasteiger charge is 2.50. The molecule has 38 heavy (non-hydrogen) atoms. The Bertz CT molecular complexity index is 1560. The van der Waals surface area contributed by atoms with Gasteiger partial charge in [0, 0.05) is 35.0 Å². The van der Waals surface area contributed by atoms with Gasteiger partial charge in [-0.15, -0.1) is 5.53 Å². The molecule has 0 amide bonds. The van der Waals surface area contributed by atoms with Crippen LogP contribution in [0, 0.1) is 28.1 Å². The summed E-state index contributed by atoms with van der Waals surface area (Å²) in [4.78, 5) is 4.44. The van der Waals surface area contributed by atoms with Crippen molar-refractivity contribution in [2.45, 2.75) is 45.2 Å². The number of nitrogens with one attached hydrogen (secondary N) is 4. The molecule has 2 aliphatic rings. The molecule has 1 fully saturated rings. The van der Waals surface area contributed by atoms with Gasteiger partial charge in [0.05, 0.1) is 40.9 Å². The Morgan fingerprint density at radius 2 is 1.97 bits per heavy atom. The maximum atomic E-state index is 9.80. The summed E-state index contributed by atoms with van der Waals surface area (Å²) in [6, 6.07) is 13.6. The monoisotopic (exact) mass is 547 g/mol. The minimum Gasteiger partial charge on any atom is -0.383 e. The highest BCUT2D eigenvalue weighted by atomic mass is 35.5. The number of aromatic nitrogens is 1. The molecule has 0 radical (unpaired) electrons. The molecular weight excluding hydrogens is 519 g/mol. The molecule has 1 saturated carbocycles. The molecule has 10 heteroatoms. The molecule has 0 spiro atoms. The van der Waals surface area contributed by atoms with E-state index in [1.807, 2.05) is 12.1 Å². The van der Waals surface area contributed by atoms with Gasteiger partial charge in [-0.3, -0.25) is 9.99 Å². The third-order valence-corrected chi connectivity index (χ3v) is 7.10. The Balaban J connectivity index is 1.62. The molecule has 8 nitrogen and oxygen atoms in total. The number of hydrogen-bond donors (Lipinski definition) is 4. The molecule has 0 saturated heterocycles. The lowest BCUT2D eigenvalue weighted by Crippen LogP contribution is -2.44. The van der Waals surface area contributed by atoms with Crippen molar-refractivity contribution in [3.8, 4) is 12.1 Å². The highest BCUT2D eigenvalue weighted by Crippen LogP contribution is 2.43. The second-order valence-corrected chi connectivity index (χ2v) is 11.5. The summed E-state index contributed by atoms with van der Waals surface area (Å²) in [6.07, 6.45) is 4.70. The minimum absolute atomic E-state index is 0.0375. The van der Waals surface area contributed by atoms with E-state index in [-0.39, 0.29) is 5.41 Å². The van der Waals surface area contributed by atoms with E-state index in [1.54, 1.807) is 35.5 Å². The van der Waals surface area contributed by atoms with Gasteiger partial charge >= 0.3 is 0 Å². The number of anilines is 2. The fraction of sp³-hybridized carbons (Fsp3) is 0.321. The van der Waals surface area contributed by atoms with Crippen molar-refractivity contribution in [3.05, 3.63) is 75.7 Å². The lowest BCUT2D eigenvalue weighted by Gasteiger charge is -2.24. The number of benzene rings is 2. The van der Waals surface area contributed by atoms with Crippen molar-refractivity contribution in [1.29, 1.82) is 10.5 Å². The van der Waals surface area contributed by atoms with Crippen molar-refractivity contribution in [2.24, 2.45) is 5.41 Å². The predicted octanol–water partition coefficient (Wildman–Crippen LogP) is 6.25. The summed E-state index contributed by atoms with van der Waals surface area (Å²) in [7, 11) is 0. The second kappa shape index (κ2) is 9.89. The largest absolute Gasteiger partial charge is 0.383 e. The fourth-order valence-corrected chi connectivity index (χ4v) is 4.74. The van der Waals surface area contributed by atoms with Crippen LogP contribution in [0.5, 0.6) is 0 Å². The maximum absolute atomic E-state index is 9.80. The van der Waals surface area contributed by atoms with Crippen LogP contribution in [-0.2, 0) is 0 Å². The smallest absolute Gasteiger partial charge is 0.143 e. The van der Waals surface area contributed by atoms with Crippen molar-refractivity contribution in [1.82, 2.24) is 21.0 Å². The molecular formula is C28H28Cl2N8. The van der Waals surface area contributed by atoms with Gasteiger partial charge in [-0.2, -0.15) is 10.5 Å². The van der Waals surface area contributed by atoms with E-state index in [0.717, 1.165) is 12.8 Å². The molecule has 3 aromatic rings. The normalized spacial score (nSPS) is 17.9. The zero-order valence-electron chi connectivity index (χ0n) is 22.3. The number of hydrogen-bond acceptors (Lipinski definition) is 8. The third-order valence-electron chi connectivity index (χ3n) is 6.48. The number of nitrogens with zero attached hydrogens (tertiary/aromatic N) is 4. The van der Waals surface area contributed by atoms with Crippen LogP contribution in [0.25, 0.3) is 10.9 Å². The molecule has 1 atom stereocenters. The standard InChI is InChI=1S/C28H28Cl2N8/c1-27(2,3)16-34-24-17(12-31)13-33-25-20(24)10-18(11-22(25)30)35-26(19-6-4-5-7-21(19)29)23-14-38(37-36-23)28(15-32)8-9-28/h4-7,10-11,13-14,26,35-37H,8-9,16H2,1-3H3,(H,33,34)/t26-/m1/s1/i26D. The van der Waals surface area contributed by atoms with E-state index in [1.165, 1.54) is 6.20 Å². The van der Waals surface area contributed by atoms with Crippen LogP contribution in [0.15, 0.2) is 54.5 Å². The van der Waals surface area contributed by atoms with Crippen LogP contribution in [0.3, 0.4) is 0 Å². The van der Waals surface area contributed by atoms with Crippen LogP contribution < -0.4 is 21.6 Å². The Hall–Kier alpha value is -3.69. The maximum Gasteiger partial charge on any atom is 0.143 e. The Morgan fingerprint density at radius 1 is 1.21 bits per heavy atom. The number of halogens is 2. The van der Waals surface area contributed by atoms with Gasteiger partial charge < -0.3 is 16.1 Å². The van der Waals surface area contributed by atoms with Crippen LogP contribution in [-0.4, -0.2) is 22.1 Å². The first kappa shape index (κ1) is 24.6. The average molecular weight is 549 g/mol. The molecule has 1 aliphatic heterocycles. The average Bonchev–Trinajstić information content (AvgIpc) is 3.53. The van der Waals surface area contributed by atoms with E-state index in [9.17, 15) is 11.9 Å². The molecule has 5 rings (SSSR count). The minimum atomic E-state index is -1.60. The van der Waals surface area contributed by atoms with Gasteiger partial charge in [0.25, 0.3) is 0 Å². The topological polar surface area (TPSA) is 112 Å². The Kier molecular flexibility index (Phi) is 6.41. The van der Waals surface area contributed by atoms with Gasteiger partial charge in [-0.1, -0.05) is 62.2 Å². The highest BCUT2D eigenvalue weighted by molar-refractivity contribution is 6.36. The molecule has 194 valence electrons. The molecule has 0 unspecified atom stereocenters. The second-order valence-electron chi connectivity index (χ2n) is 10.7. The summed E-state index contributed by atoms with van der Waals surface area (Å²) >= 11 is 13.3. The SMILES string of the molecule is [2H][C@](Nc1cc(Cl)c2ncc(C#N)c(NCC(C)(C)C)c2c1)(C1=CN(C2(C#N)CC2)NN1)c1ccccc1Cl. The number of nitriles is 2. The summed E-state index contributed by atoms with van der Waals surface area (Å²) in [5.74, 6) is 0. The number of pyridine rings is 1. The van der Waals surface area contributed by atoms with E-state index < -0.39 is 11.6 Å². The van der Waals surface area contributed by atoms with Gasteiger partial charge in [0.1, 0.15) is 11.6 Å². The predicted molar refractivity (Wildman–Crippen MR) is 151 cm³/mol. The number of hydrazine groups is 2. The van der Waals surface area contributed by atoms with Crippen LogP contribution in [0.1, 0.15) is 52.1 Å². The lowest BCUT2D eigenvalue weighted by atomic mass is 9.96. The Labute approximate surface area is 233 Å². The van der Waals surface area contributed by atoms with E-state index >= 15 is 0 Å². The molecule has 2 heterocycles. The first-order chi connectivity index (χ1) is 18.5. The lowest BCUT2D eigenvalue weighted by molar-refractivity contribution is 0.217. The summed E-state index contributed by atoms with van der Waals surface area (Å²) in [5, 5.41) is 29.3. The fourth-order valence-electron chi connectivity index (χ4n) is 4.25. The first-order valence-corrected chi connectivity index (χ1v) is 13.0. The van der Waals surface area contributed by atoms with Crippen LogP contribution in [0.4, 0.5) is 11.4 Å². The summed E-state index contributed by atoms with van der Waals surface area (Å²) in [5.41, 5.74) is 8.46. The van der Waals surface area contributed by atoms with E-state index in [0.29, 0.717) is 55.7 Å². The van der Waals surface area contributed by atoms with E-state index in [2.05, 4.69) is 59.5 Å². The number of rotatable bonds is 7. The zero-order chi connectivity index (χ0) is 28.0. The van der Waals surface area contributed by atoms with Crippen molar-refractivity contribution < 1.29 is 1.37 Å². The van der Waals surface area contributed by atoms with Gasteiger partial charge in [-0.05, 0) is 42.0 Å². The van der Waals surface area contributed by atoms with Gasteiger partial charge in [-0.25, -0.2) is 0 Å². The number of fused-ring (bicyclic) bond motifs is 1. The van der Waals surface area contributed by atoms with E-state index in [4.69, 9.17) is 23.2 Å². The zero-order valence-corrected chi connectivity index (χ0v) is 22.8. The third kappa shape index (κ3) is 5.04. The van der Waals surface area contributed by atoms with Crippen LogP contribution >= 0.6 is 23.2 Å². The van der Waals surface area contributed by atoms with Crippen molar-refractivity contribution in [3.63, 3.8) is 0 Å². The van der Waals surface area contributed by atoms with Crippen molar-refractivity contribution in [2.75, 3.05) is 17.2 Å². The quantitative estimate of drug-likeness (QED) is 0.274. The first-order valence-electron chi connectivity index (χ1n) is 12.7. The van der Waals surface area contributed by atoms with Gasteiger partial charge in [0.2, 0.25) is 0 Å². The summed E-state index contributed by atoms with van der Waals surface area (Å²) < 4.78 is 9.68. The Morgan fingerprint density at radius 3 is 2.63 bits per heavy atom. The molecule has 4 N–H and O–H groups in total. The molecule has 0 bridgehead atoms. The molecule has 2 aromatic carbocycles. The molecule has 1 aliphatic carbocycles. The van der Waals surface area contributed by atoms with Crippen molar-refractivity contribution >= 4 is 45.5 Å². The van der Waals surface area contributed by atoms with Crippen LogP contribution in [0.2, 0.25) is 10.0 Å².